The molecule has 0 radical (unpaired) electrons. The minimum atomic E-state index is -2.95. The van der Waals surface area contributed by atoms with Crippen molar-refractivity contribution < 1.29 is 8.42 Å². The average molecular weight is 443 g/mol. The van der Waals surface area contributed by atoms with Crippen LogP contribution in [-0.4, -0.2) is 64.5 Å². The molecule has 1 aromatic heterocycles. The lowest BCUT2D eigenvalue weighted by molar-refractivity contribution is 0.125. The number of sulfone groups is 1. The minimum absolute atomic E-state index is 0.157. The molecular weight excluding hydrogens is 404 g/mol. The quantitative estimate of drug-likeness (QED) is 0.454. The summed E-state index contributed by atoms with van der Waals surface area (Å²) in [5.74, 6) is 1.56. The zero-order chi connectivity index (χ0) is 21.5. The van der Waals surface area contributed by atoms with Crippen molar-refractivity contribution in [1.82, 2.24) is 15.5 Å². The zero-order valence-electron chi connectivity index (χ0n) is 18.6. The van der Waals surface area contributed by atoms with E-state index in [4.69, 9.17) is 4.99 Å². The highest BCUT2D eigenvalue weighted by molar-refractivity contribution is 7.90. The molecule has 0 spiro atoms. The van der Waals surface area contributed by atoms with E-state index in [0.29, 0.717) is 24.9 Å². The lowest BCUT2D eigenvalue weighted by atomic mass is 9.88. The van der Waals surface area contributed by atoms with Crippen molar-refractivity contribution in [2.24, 2.45) is 16.3 Å². The number of hydrogen-bond donors (Lipinski definition) is 2. The van der Waals surface area contributed by atoms with E-state index in [9.17, 15) is 8.42 Å². The fourth-order valence-corrected chi connectivity index (χ4v) is 5.69. The maximum atomic E-state index is 11.5. The molecule has 2 unspecified atom stereocenters. The molecule has 2 atom stereocenters. The average Bonchev–Trinajstić information content (AvgIpc) is 3.16. The third kappa shape index (κ3) is 8.26. The summed E-state index contributed by atoms with van der Waals surface area (Å²) < 4.78 is 23.0. The Morgan fingerprint density at radius 3 is 2.76 bits per heavy atom. The van der Waals surface area contributed by atoms with Crippen LogP contribution in [0.5, 0.6) is 0 Å². The van der Waals surface area contributed by atoms with Gasteiger partial charge in [-0.1, -0.05) is 19.9 Å². The van der Waals surface area contributed by atoms with E-state index in [2.05, 4.69) is 60.9 Å². The minimum Gasteiger partial charge on any atom is -0.357 e. The Balaban J connectivity index is 1.99. The molecule has 0 aromatic carbocycles. The van der Waals surface area contributed by atoms with Crippen molar-refractivity contribution in [3.8, 4) is 0 Å². The molecule has 1 saturated heterocycles. The number of rotatable bonds is 9. The molecule has 1 aliphatic rings. The first kappa shape index (κ1) is 24.2. The normalized spacial score (nSPS) is 21.9. The van der Waals surface area contributed by atoms with Gasteiger partial charge in [0.1, 0.15) is 9.84 Å². The van der Waals surface area contributed by atoms with Crippen molar-refractivity contribution >= 4 is 27.1 Å². The van der Waals surface area contributed by atoms with Crippen molar-refractivity contribution in [3.05, 3.63) is 22.4 Å². The second-order valence-electron chi connectivity index (χ2n) is 8.96. The molecule has 0 amide bonds. The largest absolute Gasteiger partial charge is 0.357 e. The molecule has 0 saturated carbocycles. The van der Waals surface area contributed by atoms with Crippen LogP contribution in [0.4, 0.5) is 0 Å². The summed E-state index contributed by atoms with van der Waals surface area (Å²) in [6.07, 6.45) is 4.34. The van der Waals surface area contributed by atoms with Gasteiger partial charge in [0.15, 0.2) is 5.96 Å². The zero-order valence-corrected chi connectivity index (χ0v) is 20.2. The van der Waals surface area contributed by atoms with Gasteiger partial charge in [0.2, 0.25) is 0 Å². The molecule has 6 nitrogen and oxygen atoms in total. The third-order valence-corrected chi connectivity index (χ3v) is 7.42. The summed E-state index contributed by atoms with van der Waals surface area (Å²) in [7, 11) is -0.725. The Bertz CT molecular complexity index is 745. The van der Waals surface area contributed by atoms with Gasteiger partial charge >= 0.3 is 0 Å². The van der Waals surface area contributed by atoms with Gasteiger partial charge in [-0.3, -0.25) is 9.89 Å². The first-order chi connectivity index (χ1) is 13.6. The van der Waals surface area contributed by atoms with Crippen LogP contribution in [0.15, 0.2) is 22.5 Å². The molecule has 29 heavy (non-hydrogen) atoms. The summed E-state index contributed by atoms with van der Waals surface area (Å²) >= 11 is 1.84. The Kier molecular flexibility index (Phi) is 8.97. The van der Waals surface area contributed by atoms with Crippen LogP contribution in [0.3, 0.4) is 0 Å². The van der Waals surface area contributed by atoms with Gasteiger partial charge in [-0.2, -0.15) is 0 Å². The van der Waals surface area contributed by atoms with Crippen LogP contribution in [0.2, 0.25) is 0 Å². The number of likely N-dealkylation sites (tertiary alicyclic amines) is 1. The van der Waals surface area contributed by atoms with Gasteiger partial charge in [0, 0.05) is 36.8 Å². The van der Waals surface area contributed by atoms with Gasteiger partial charge in [-0.05, 0) is 62.6 Å². The number of thiophene rings is 1. The molecule has 1 aromatic rings. The molecule has 8 heteroatoms. The molecule has 1 aliphatic heterocycles. The highest BCUT2D eigenvalue weighted by atomic mass is 32.2. The van der Waals surface area contributed by atoms with E-state index in [0.717, 1.165) is 25.6 Å². The molecule has 0 bridgehead atoms. The van der Waals surface area contributed by atoms with Crippen LogP contribution in [0, 0.1) is 11.3 Å². The summed E-state index contributed by atoms with van der Waals surface area (Å²) in [5, 5.41) is 9.04. The van der Waals surface area contributed by atoms with Crippen molar-refractivity contribution in [1.29, 1.82) is 0 Å². The summed E-state index contributed by atoms with van der Waals surface area (Å²) in [5.41, 5.74) is -0.157. The fourth-order valence-electron chi connectivity index (χ4n) is 3.79. The predicted octanol–water partition coefficient (Wildman–Crippen LogP) is 3.15. The fraction of sp³-hybridized carbons (Fsp3) is 0.762. The van der Waals surface area contributed by atoms with Crippen LogP contribution in [0.1, 0.15) is 51.0 Å². The van der Waals surface area contributed by atoms with Gasteiger partial charge in [0.05, 0.1) is 5.75 Å². The Labute approximate surface area is 181 Å². The standard InChI is InChI=1S/C21H38N4O2S2/c1-6-22-20(24-16-21(2,3)11-14-29(5,26)27)23-15-17-9-7-12-25(4)19(17)18-10-8-13-28-18/h8,10,13,17,19H,6-7,9,11-12,14-16H2,1-5H3,(H2,22,23,24). The predicted molar refractivity (Wildman–Crippen MR) is 125 cm³/mol. The van der Waals surface area contributed by atoms with Gasteiger partial charge in [0.25, 0.3) is 0 Å². The third-order valence-electron chi connectivity index (χ3n) is 5.53. The Morgan fingerprint density at radius 1 is 1.38 bits per heavy atom. The van der Waals surface area contributed by atoms with Crippen molar-refractivity contribution in [2.75, 3.05) is 45.2 Å². The second kappa shape index (κ2) is 10.8. The Hall–Kier alpha value is -1.12. The molecule has 166 valence electrons. The van der Waals surface area contributed by atoms with Gasteiger partial charge in [-0.25, -0.2) is 8.42 Å². The van der Waals surface area contributed by atoms with E-state index in [1.807, 2.05) is 11.3 Å². The highest BCUT2D eigenvalue weighted by Gasteiger charge is 2.31. The van der Waals surface area contributed by atoms with Crippen molar-refractivity contribution in [2.45, 2.75) is 46.1 Å². The number of nitrogens with one attached hydrogen (secondary N) is 2. The number of guanidine groups is 1. The van der Waals surface area contributed by atoms with E-state index >= 15 is 0 Å². The summed E-state index contributed by atoms with van der Waals surface area (Å²) in [6.45, 7) is 9.63. The lowest BCUT2D eigenvalue weighted by Crippen LogP contribution is -2.45. The molecule has 2 N–H and O–H groups in total. The maximum absolute atomic E-state index is 11.5. The van der Waals surface area contributed by atoms with E-state index in [1.165, 1.54) is 24.0 Å². The topological polar surface area (TPSA) is 73.8 Å². The molecule has 1 fully saturated rings. The maximum Gasteiger partial charge on any atom is 0.191 e. The lowest BCUT2D eigenvalue weighted by Gasteiger charge is -2.39. The number of nitrogens with zero attached hydrogens (tertiary/aromatic N) is 2. The SMILES string of the molecule is CCNC(=NCC(C)(C)CCS(C)(=O)=O)NCC1CCCN(C)C1c1cccs1. The smallest absolute Gasteiger partial charge is 0.191 e. The second-order valence-corrected chi connectivity index (χ2v) is 12.2. The molecule has 2 heterocycles. The number of hydrogen-bond acceptors (Lipinski definition) is 5. The van der Waals surface area contributed by atoms with E-state index in [1.54, 1.807) is 0 Å². The van der Waals surface area contributed by atoms with E-state index < -0.39 is 9.84 Å². The monoisotopic (exact) mass is 442 g/mol. The molecule has 0 aliphatic carbocycles. The van der Waals surface area contributed by atoms with E-state index in [-0.39, 0.29) is 11.2 Å². The van der Waals surface area contributed by atoms with Crippen molar-refractivity contribution in [3.63, 3.8) is 0 Å². The first-order valence-electron chi connectivity index (χ1n) is 10.5. The number of piperidine rings is 1. The highest BCUT2D eigenvalue weighted by Crippen LogP contribution is 2.36. The Morgan fingerprint density at radius 2 is 2.14 bits per heavy atom. The summed E-state index contributed by atoms with van der Waals surface area (Å²) in [4.78, 5) is 8.67. The number of aliphatic imine (C=N–C) groups is 1. The molecular formula is C21H38N4O2S2. The molecule has 2 rings (SSSR count). The summed E-state index contributed by atoms with van der Waals surface area (Å²) in [6, 6.07) is 4.83. The van der Waals surface area contributed by atoms with Crippen LogP contribution in [0.25, 0.3) is 0 Å². The van der Waals surface area contributed by atoms with Gasteiger partial charge < -0.3 is 10.6 Å². The van der Waals surface area contributed by atoms with Crippen LogP contribution < -0.4 is 10.6 Å². The van der Waals surface area contributed by atoms with Crippen LogP contribution >= 0.6 is 11.3 Å². The van der Waals surface area contributed by atoms with Gasteiger partial charge in [-0.15, -0.1) is 11.3 Å². The first-order valence-corrected chi connectivity index (χ1v) is 13.5. The van der Waals surface area contributed by atoms with Crippen LogP contribution in [-0.2, 0) is 9.84 Å².